The van der Waals surface area contributed by atoms with E-state index in [1.54, 1.807) is 0 Å². The molecular formula is C15H31NOS. The molecule has 108 valence electrons. The average molecular weight is 273 g/mol. The zero-order chi connectivity index (χ0) is 13.6. The predicted molar refractivity (Wildman–Crippen MR) is 81.9 cm³/mol. The van der Waals surface area contributed by atoms with Crippen LogP contribution in [0.4, 0.5) is 0 Å². The number of rotatable bonds is 7. The van der Waals surface area contributed by atoms with E-state index in [-0.39, 0.29) is 11.5 Å². The highest BCUT2D eigenvalue weighted by atomic mass is 32.2. The Morgan fingerprint density at radius 1 is 1.33 bits per heavy atom. The largest absolute Gasteiger partial charge is 0.393 e. The number of thioether (sulfide) groups is 1. The van der Waals surface area contributed by atoms with Crippen molar-refractivity contribution in [1.82, 2.24) is 0 Å². The molecule has 2 nitrogen and oxygen atoms in total. The van der Waals surface area contributed by atoms with E-state index in [0.29, 0.717) is 6.54 Å². The zero-order valence-corrected chi connectivity index (χ0v) is 13.1. The topological polar surface area (TPSA) is 46.2 Å². The first-order valence-electron chi connectivity index (χ1n) is 7.43. The third-order valence-electron chi connectivity index (χ3n) is 4.91. The fraction of sp³-hybridized carbons (Fsp3) is 1.00. The average Bonchev–Trinajstić information content (AvgIpc) is 2.38. The molecule has 0 amide bonds. The Labute approximate surface area is 117 Å². The summed E-state index contributed by atoms with van der Waals surface area (Å²) in [5.74, 6) is 2.75. The molecule has 3 N–H and O–H groups in total. The van der Waals surface area contributed by atoms with Crippen molar-refractivity contribution < 1.29 is 5.11 Å². The van der Waals surface area contributed by atoms with Crippen LogP contribution in [0, 0.1) is 17.3 Å². The van der Waals surface area contributed by atoms with Crippen molar-refractivity contribution in [3.8, 4) is 0 Å². The fourth-order valence-electron chi connectivity index (χ4n) is 3.28. The van der Waals surface area contributed by atoms with Crippen molar-refractivity contribution >= 4 is 11.8 Å². The van der Waals surface area contributed by atoms with Gasteiger partial charge in [0.15, 0.2) is 0 Å². The Hall–Kier alpha value is 0.270. The van der Waals surface area contributed by atoms with Crippen molar-refractivity contribution in [1.29, 1.82) is 0 Å². The van der Waals surface area contributed by atoms with Crippen LogP contribution in [-0.2, 0) is 0 Å². The zero-order valence-electron chi connectivity index (χ0n) is 12.3. The van der Waals surface area contributed by atoms with Crippen LogP contribution in [0.2, 0.25) is 0 Å². The summed E-state index contributed by atoms with van der Waals surface area (Å²) in [4.78, 5) is 0. The monoisotopic (exact) mass is 273 g/mol. The normalized spacial score (nSPS) is 30.7. The van der Waals surface area contributed by atoms with E-state index in [1.807, 2.05) is 11.8 Å². The number of hydrogen-bond acceptors (Lipinski definition) is 3. The highest BCUT2D eigenvalue weighted by molar-refractivity contribution is 7.98. The molecule has 1 rings (SSSR count). The second-order valence-electron chi connectivity index (χ2n) is 6.30. The number of aliphatic hydroxyl groups excluding tert-OH is 1. The molecule has 0 saturated heterocycles. The van der Waals surface area contributed by atoms with Gasteiger partial charge in [0.1, 0.15) is 0 Å². The maximum atomic E-state index is 10.5. The van der Waals surface area contributed by atoms with Gasteiger partial charge in [0.05, 0.1) is 6.10 Å². The summed E-state index contributed by atoms with van der Waals surface area (Å²) in [6, 6.07) is 0. The van der Waals surface area contributed by atoms with E-state index >= 15 is 0 Å². The highest BCUT2D eigenvalue weighted by Gasteiger charge is 2.40. The van der Waals surface area contributed by atoms with Gasteiger partial charge in [-0.3, -0.25) is 0 Å². The summed E-state index contributed by atoms with van der Waals surface area (Å²) in [6.07, 6.45) is 8.69. The lowest BCUT2D eigenvalue weighted by atomic mass is 9.64. The van der Waals surface area contributed by atoms with Crippen LogP contribution < -0.4 is 5.73 Å². The Kier molecular flexibility index (Phi) is 7.04. The lowest BCUT2D eigenvalue weighted by molar-refractivity contribution is -0.0177. The van der Waals surface area contributed by atoms with E-state index in [0.717, 1.165) is 43.3 Å². The molecule has 1 unspecified atom stereocenters. The minimum Gasteiger partial charge on any atom is -0.393 e. The molecule has 1 fully saturated rings. The van der Waals surface area contributed by atoms with Crippen LogP contribution in [0.25, 0.3) is 0 Å². The smallest absolute Gasteiger partial charge is 0.0608 e. The van der Waals surface area contributed by atoms with E-state index < -0.39 is 0 Å². The maximum Gasteiger partial charge on any atom is 0.0608 e. The van der Waals surface area contributed by atoms with Crippen LogP contribution in [0.15, 0.2) is 0 Å². The summed E-state index contributed by atoms with van der Waals surface area (Å²) in [6.45, 7) is 5.28. The molecule has 0 aliphatic heterocycles. The van der Waals surface area contributed by atoms with Crippen molar-refractivity contribution in [2.24, 2.45) is 23.0 Å². The summed E-state index contributed by atoms with van der Waals surface area (Å²) in [7, 11) is 0. The van der Waals surface area contributed by atoms with Crippen LogP contribution >= 0.6 is 11.8 Å². The van der Waals surface area contributed by atoms with Gasteiger partial charge in [-0.15, -0.1) is 0 Å². The summed E-state index contributed by atoms with van der Waals surface area (Å²) in [5, 5.41) is 10.5. The third kappa shape index (κ3) is 4.14. The van der Waals surface area contributed by atoms with Gasteiger partial charge in [0.25, 0.3) is 0 Å². The molecule has 18 heavy (non-hydrogen) atoms. The van der Waals surface area contributed by atoms with Gasteiger partial charge >= 0.3 is 0 Å². The van der Waals surface area contributed by atoms with Crippen LogP contribution in [0.3, 0.4) is 0 Å². The molecule has 1 saturated carbocycles. The molecule has 0 bridgehead atoms. The quantitative estimate of drug-likeness (QED) is 0.700. The van der Waals surface area contributed by atoms with Gasteiger partial charge in [-0.05, 0) is 62.4 Å². The van der Waals surface area contributed by atoms with Crippen molar-refractivity contribution in [2.45, 2.75) is 58.5 Å². The molecule has 1 aliphatic rings. The lowest BCUT2D eigenvalue weighted by Crippen LogP contribution is -2.45. The predicted octanol–water partition coefficient (Wildman–Crippen LogP) is 3.28. The highest BCUT2D eigenvalue weighted by Crippen LogP contribution is 2.44. The molecule has 0 spiro atoms. The second-order valence-corrected chi connectivity index (χ2v) is 7.28. The van der Waals surface area contributed by atoms with E-state index in [4.69, 9.17) is 5.73 Å². The fourth-order valence-corrected chi connectivity index (χ4v) is 3.74. The van der Waals surface area contributed by atoms with Crippen LogP contribution in [-0.4, -0.2) is 29.8 Å². The summed E-state index contributed by atoms with van der Waals surface area (Å²) in [5.41, 5.74) is 6.02. The van der Waals surface area contributed by atoms with Crippen LogP contribution in [0.5, 0.6) is 0 Å². The van der Waals surface area contributed by atoms with E-state index in [1.165, 1.54) is 12.8 Å². The Morgan fingerprint density at radius 2 is 1.94 bits per heavy atom. The molecular weight excluding hydrogens is 242 g/mol. The lowest BCUT2D eigenvalue weighted by Gasteiger charge is -2.44. The number of hydrogen-bond donors (Lipinski definition) is 2. The van der Waals surface area contributed by atoms with Crippen LogP contribution in [0.1, 0.15) is 52.4 Å². The van der Waals surface area contributed by atoms with Gasteiger partial charge in [0.2, 0.25) is 0 Å². The van der Waals surface area contributed by atoms with E-state index in [2.05, 4.69) is 20.1 Å². The minimum atomic E-state index is -0.192. The van der Waals surface area contributed by atoms with Gasteiger partial charge in [-0.1, -0.05) is 13.8 Å². The van der Waals surface area contributed by atoms with E-state index in [9.17, 15) is 5.11 Å². The van der Waals surface area contributed by atoms with Crippen molar-refractivity contribution in [3.05, 3.63) is 0 Å². The van der Waals surface area contributed by atoms with Gasteiger partial charge in [-0.2, -0.15) is 11.8 Å². The van der Waals surface area contributed by atoms with Crippen molar-refractivity contribution in [2.75, 3.05) is 18.6 Å². The Morgan fingerprint density at radius 3 is 2.39 bits per heavy atom. The number of aliphatic hydroxyl groups is 1. The first kappa shape index (κ1) is 16.3. The Bertz CT molecular complexity index is 225. The molecule has 3 heteroatoms. The summed E-state index contributed by atoms with van der Waals surface area (Å²) >= 11 is 1.86. The Balaban J connectivity index is 2.48. The van der Waals surface area contributed by atoms with Gasteiger partial charge in [-0.25, -0.2) is 0 Å². The first-order valence-corrected chi connectivity index (χ1v) is 8.82. The molecule has 0 heterocycles. The minimum absolute atomic E-state index is 0.0177. The molecule has 0 aromatic carbocycles. The molecule has 0 aromatic rings. The molecule has 1 aliphatic carbocycles. The van der Waals surface area contributed by atoms with Gasteiger partial charge in [0, 0.05) is 12.0 Å². The molecule has 1 atom stereocenters. The summed E-state index contributed by atoms with van der Waals surface area (Å²) < 4.78 is 0. The molecule has 0 radical (unpaired) electrons. The first-order chi connectivity index (χ1) is 8.55. The molecule has 0 aromatic heterocycles. The SMILES string of the molecule is CSCCCC(O)C1(CN)CCC(C(C)C)CC1. The maximum absolute atomic E-state index is 10.5. The standard InChI is InChI=1S/C15H31NOS/c1-12(2)13-6-8-15(11-16,9-7-13)14(17)5-4-10-18-3/h12-14,17H,4-11,16H2,1-3H3. The second kappa shape index (κ2) is 7.76. The number of nitrogens with two attached hydrogens (primary N) is 1. The van der Waals surface area contributed by atoms with Crippen molar-refractivity contribution in [3.63, 3.8) is 0 Å². The van der Waals surface area contributed by atoms with Gasteiger partial charge < -0.3 is 10.8 Å². The third-order valence-corrected chi connectivity index (χ3v) is 5.61.